The van der Waals surface area contributed by atoms with Crippen molar-refractivity contribution in [2.24, 2.45) is 5.73 Å². The maximum Gasteiger partial charge on any atom is 0.255 e. The predicted molar refractivity (Wildman–Crippen MR) is 98.9 cm³/mol. The Balaban J connectivity index is 1.87. The number of hydrogen-bond donors (Lipinski definition) is 2. The summed E-state index contributed by atoms with van der Waals surface area (Å²) in [7, 11) is 0. The summed E-state index contributed by atoms with van der Waals surface area (Å²) in [5.41, 5.74) is 9.16. The molecule has 0 radical (unpaired) electrons. The van der Waals surface area contributed by atoms with Crippen LogP contribution in [-0.4, -0.2) is 21.6 Å². The van der Waals surface area contributed by atoms with Gasteiger partial charge in [-0.15, -0.1) is 0 Å². The Kier molecular flexibility index (Phi) is 4.84. The summed E-state index contributed by atoms with van der Waals surface area (Å²) >= 11 is 0. The van der Waals surface area contributed by atoms with E-state index in [1.807, 2.05) is 44.2 Å². The third-order valence-electron chi connectivity index (χ3n) is 4.19. The summed E-state index contributed by atoms with van der Waals surface area (Å²) in [6, 6.07) is 15.8. The monoisotopic (exact) mass is 348 g/mol. The molecule has 1 heterocycles. The molecule has 0 bridgehead atoms. The number of carbonyl (C=O) groups excluding carboxylic acids is 2. The van der Waals surface area contributed by atoms with Gasteiger partial charge < -0.3 is 11.1 Å². The van der Waals surface area contributed by atoms with Crippen LogP contribution in [0.25, 0.3) is 5.69 Å². The van der Waals surface area contributed by atoms with Crippen molar-refractivity contribution < 1.29 is 9.59 Å². The number of hydrogen-bond acceptors (Lipinski definition) is 3. The highest BCUT2D eigenvalue weighted by Gasteiger charge is 2.23. The number of amides is 2. The van der Waals surface area contributed by atoms with Crippen LogP contribution >= 0.6 is 0 Å². The molecule has 0 spiro atoms. The standard InChI is InChI=1S/C20H20N4O2/c1-13-7-6-10-16(11-13)24-14(2)17(12-22-24)20(26)23-18(19(21)25)15-8-4-3-5-9-15/h3-12,18H,1-2H3,(H2,21,25)(H,23,26)/t18-/m0/s1. The zero-order valence-corrected chi connectivity index (χ0v) is 14.6. The largest absolute Gasteiger partial charge is 0.368 e. The minimum Gasteiger partial charge on any atom is -0.368 e. The van der Waals surface area contributed by atoms with Gasteiger partial charge in [0.15, 0.2) is 0 Å². The summed E-state index contributed by atoms with van der Waals surface area (Å²) in [6.45, 7) is 3.80. The van der Waals surface area contributed by atoms with Crippen LogP contribution in [0.1, 0.15) is 33.2 Å². The number of aromatic nitrogens is 2. The molecule has 1 atom stereocenters. The van der Waals surface area contributed by atoms with E-state index in [9.17, 15) is 9.59 Å². The lowest BCUT2D eigenvalue weighted by molar-refractivity contribution is -0.120. The molecule has 0 saturated heterocycles. The average molecular weight is 348 g/mol. The highest BCUT2D eigenvalue weighted by molar-refractivity contribution is 5.98. The summed E-state index contributed by atoms with van der Waals surface area (Å²) in [5.74, 6) is -1.01. The zero-order chi connectivity index (χ0) is 18.7. The molecule has 26 heavy (non-hydrogen) atoms. The Morgan fingerprint density at radius 1 is 1.08 bits per heavy atom. The van der Waals surface area contributed by atoms with Crippen LogP contribution in [0.3, 0.4) is 0 Å². The molecule has 132 valence electrons. The SMILES string of the molecule is Cc1cccc(-n2ncc(C(=O)N[C@H](C(N)=O)c3ccccc3)c2C)c1. The molecule has 0 unspecified atom stereocenters. The van der Waals surface area contributed by atoms with Gasteiger partial charge >= 0.3 is 0 Å². The Hall–Kier alpha value is -3.41. The molecular weight excluding hydrogens is 328 g/mol. The van der Waals surface area contributed by atoms with Gasteiger partial charge in [0, 0.05) is 0 Å². The molecule has 0 fully saturated rings. The van der Waals surface area contributed by atoms with Crippen molar-refractivity contribution in [2.45, 2.75) is 19.9 Å². The normalized spacial score (nSPS) is 11.8. The maximum atomic E-state index is 12.7. The van der Waals surface area contributed by atoms with Gasteiger partial charge in [0.25, 0.3) is 5.91 Å². The first kappa shape index (κ1) is 17.4. The number of nitrogens with two attached hydrogens (primary N) is 1. The van der Waals surface area contributed by atoms with Crippen LogP contribution in [-0.2, 0) is 4.79 Å². The molecule has 2 aromatic carbocycles. The van der Waals surface area contributed by atoms with E-state index in [1.54, 1.807) is 28.9 Å². The van der Waals surface area contributed by atoms with Gasteiger partial charge in [0.2, 0.25) is 5.91 Å². The molecular formula is C20H20N4O2. The average Bonchev–Trinajstić information content (AvgIpc) is 3.01. The van der Waals surface area contributed by atoms with E-state index in [0.29, 0.717) is 16.8 Å². The van der Waals surface area contributed by atoms with Crippen molar-refractivity contribution in [3.63, 3.8) is 0 Å². The summed E-state index contributed by atoms with van der Waals surface area (Å²) in [6.07, 6.45) is 1.50. The molecule has 0 saturated carbocycles. The summed E-state index contributed by atoms with van der Waals surface area (Å²) < 4.78 is 1.70. The van der Waals surface area contributed by atoms with Gasteiger partial charge in [-0.25, -0.2) is 4.68 Å². The quantitative estimate of drug-likeness (QED) is 0.742. The first-order chi connectivity index (χ1) is 12.5. The second-order valence-electron chi connectivity index (χ2n) is 6.11. The summed E-state index contributed by atoms with van der Waals surface area (Å²) in [4.78, 5) is 24.5. The van der Waals surface area contributed by atoms with Gasteiger partial charge in [0.1, 0.15) is 6.04 Å². The molecule has 3 aromatic rings. The predicted octanol–water partition coefficient (Wildman–Crippen LogP) is 2.45. The Morgan fingerprint density at radius 3 is 2.46 bits per heavy atom. The molecule has 1 aromatic heterocycles. The van der Waals surface area contributed by atoms with Crippen LogP contribution in [0.5, 0.6) is 0 Å². The minimum atomic E-state index is -0.898. The van der Waals surface area contributed by atoms with Gasteiger partial charge in [-0.3, -0.25) is 9.59 Å². The van der Waals surface area contributed by atoms with Crippen molar-refractivity contribution >= 4 is 11.8 Å². The van der Waals surface area contributed by atoms with Crippen LogP contribution in [0.4, 0.5) is 0 Å². The first-order valence-electron chi connectivity index (χ1n) is 8.24. The van der Waals surface area contributed by atoms with E-state index < -0.39 is 17.9 Å². The number of primary amides is 1. The van der Waals surface area contributed by atoms with Crippen molar-refractivity contribution in [3.8, 4) is 5.69 Å². The molecule has 2 amide bonds. The van der Waals surface area contributed by atoms with Gasteiger partial charge in [0.05, 0.1) is 23.1 Å². The molecule has 0 aliphatic heterocycles. The molecule has 3 N–H and O–H groups in total. The van der Waals surface area contributed by atoms with Crippen LogP contribution in [0, 0.1) is 13.8 Å². The van der Waals surface area contributed by atoms with E-state index in [4.69, 9.17) is 5.73 Å². The second kappa shape index (κ2) is 7.23. The Morgan fingerprint density at radius 2 is 1.81 bits per heavy atom. The lowest BCUT2D eigenvalue weighted by atomic mass is 10.1. The second-order valence-corrected chi connectivity index (χ2v) is 6.11. The van der Waals surface area contributed by atoms with E-state index in [2.05, 4.69) is 10.4 Å². The fraction of sp³-hybridized carbons (Fsp3) is 0.150. The lowest BCUT2D eigenvalue weighted by Crippen LogP contribution is -2.37. The van der Waals surface area contributed by atoms with E-state index in [-0.39, 0.29) is 0 Å². The number of benzene rings is 2. The highest BCUT2D eigenvalue weighted by atomic mass is 16.2. The van der Waals surface area contributed by atoms with Gasteiger partial charge in [-0.2, -0.15) is 5.10 Å². The number of carbonyl (C=O) groups is 2. The first-order valence-corrected chi connectivity index (χ1v) is 8.24. The smallest absolute Gasteiger partial charge is 0.255 e. The van der Waals surface area contributed by atoms with Gasteiger partial charge in [-0.05, 0) is 37.1 Å². The number of nitrogens with zero attached hydrogens (tertiary/aromatic N) is 2. The fourth-order valence-electron chi connectivity index (χ4n) is 2.83. The third-order valence-corrected chi connectivity index (χ3v) is 4.19. The Bertz CT molecular complexity index is 947. The van der Waals surface area contributed by atoms with Gasteiger partial charge in [-0.1, -0.05) is 42.5 Å². The van der Waals surface area contributed by atoms with E-state index >= 15 is 0 Å². The zero-order valence-electron chi connectivity index (χ0n) is 14.6. The van der Waals surface area contributed by atoms with E-state index in [1.165, 1.54) is 6.20 Å². The maximum absolute atomic E-state index is 12.7. The minimum absolute atomic E-state index is 0.394. The van der Waals surface area contributed by atoms with Crippen molar-refractivity contribution in [1.29, 1.82) is 0 Å². The van der Waals surface area contributed by atoms with Crippen LogP contribution in [0.15, 0.2) is 60.8 Å². The number of nitrogens with one attached hydrogen (secondary N) is 1. The van der Waals surface area contributed by atoms with E-state index in [0.717, 1.165) is 11.3 Å². The number of rotatable bonds is 5. The molecule has 0 aliphatic rings. The van der Waals surface area contributed by atoms with Crippen molar-refractivity contribution in [2.75, 3.05) is 0 Å². The van der Waals surface area contributed by atoms with Crippen LogP contribution < -0.4 is 11.1 Å². The summed E-state index contributed by atoms with van der Waals surface area (Å²) in [5, 5.41) is 7.01. The topological polar surface area (TPSA) is 90.0 Å². The van der Waals surface area contributed by atoms with Crippen LogP contribution in [0.2, 0.25) is 0 Å². The lowest BCUT2D eigenvalue weighted by Gasteiger charge is -2.15. The molecule has 6 nitrogen and oxygen atoms in total. The number of aryl methyl sites for hydroxylation is 1. The molecule has 6 heteroatoms. The van der Waals surface area contributed by atoms with Crippen molar-refractivity contribution in [3.05, 3.63) is 83.2 Å². The van der Waals surface area contributed by atoms with Crippen molar-refractivity contribution in [1.82, 2.24) is 15.1 Å². The Labute approximate surface area is 151 Å². The third kappa shape index (κ3) is 3.49. The highest BCUT2D eigenvalue weighted by Crippen LogP contribution is 2.17. The fourth-order valence-corrected chi connectivity index (χ4v) is 2.83. The molecule has 0 aliphatic carbocycles. The molecule has 3 rings (SSSR count).